The first-order chi connectivity index (χ1) is 7.27. The summed E-state index contributed by atoms with van der Waals surface area (Å²) < 4.78 is 0. The van der Waals surface area contributed by atoms with Crippen molar-refractivity contribution in [2.24, 2.45) is 0 Å². The van der Waals surface area contributed by atoms with Gasteiger partial charge in [0.05, 0.1) is 10.7 Å². The number of hydrogen-bond donors (Lipinski definition) is 2. The van der Waals surface area contributed by atoms with E-state index in [-0.39, 0.29) is 0 Å². The molecule has 15 heavy (non-hydrogen) atoms. The number of para-hydroxylation sites is 1. The SMILES string of the molecule is Cc1cccc(Cl)c1NC1CCCNC1. The lowest BCUT2D eigenvalue weighted by Gasteiger charge is -2.26. The van der Waals surface area contributed by atoms with E-state index in [0.717, 1.165) is 23.8 Å². The predicted molar refractivity (Wildman–Crippen MR) is 65.7 cm³/mol. The van der Waals surface area contributed by atoms with Crippen molar-refractivity contribution < 1.29 is 0 Å². The molecular formula is C12H17ClN2. The topological polar surface area (TPSA) is 24.1 Å². The Balaban J connectivity index is 2.09. The predicted octanol–water partition coefficient (Wildman–Crippen LogP) is 2.81. The smallest absolute Gasteiger partial charge is 0.0640 e. The average Bonchev–Trinajstić information content (AvgIpc) is 2.25. The van der Waals surface area contributed by atoms with Gasteiger partial charge in [-0.05, 0) is 37.9 Å². The van der Waals surface area contributed by atoms with Crippen LogP contribution in [0.2, 0.25) is 5.02 Å². The Hall–Kier alpha value is -0.730. The van der Waals surface area contributed by atoms with Gasteiger partial charge in [-0.1, -0.05) is 23.7 Å². The molecule has 2 N–H and O–H groups in total. The van der Waals surface area contributed by atoms with Crippen LogP contribution in [0.5, 0.6) is 0 Å². The molecule has 1 unspecified atom stereocenters. The fourth-order valence-corrected chi connectivity index (χ4v) is 2.27. The molecule has 0 aromatic heterocycles. The molecule has 0 saturated carbocycles. The molecule has 1 fully saturated rings. The van der Waals surface area contributed by atoms with Crippen LogP contribution in [0.25, 0.3) is 0 Å². The highest BCUT2D eigenvalue weighted by atomic mass is 35.5. The monoisotopic (exact) mass is 224 g/mol. The summed E-state index contributed by atoms with van der Waals surface area (Å²) in [5.74, 6) is 0. The van der Waals surface area contributed by atoms with Crippen molar-refractivity contribution in [2.45, 2.75) is 25.8 Å². The molecule has 1 atom stereocenters. The number of hydrogen-bond acceptors (Lipinski definition) is 2. The number of benzene rings is 1. The lowest BCUT2D eigenvalue weighted by atomic mass is 10.1. The minimum Gasteiger partial charge on any atom is -0.380 e. The van der Waals surface area contributed by atoms with Gasteiger partial charge in [0.1, 0.15) is 0 Å². The molecule has 2 nitrogen and oxygen atoms in total. The summed E-state index contributed by atoms with van der Waals surface area (Å²) in [6, 6.07) is 6.52. The maximum absolute atomic E-state index is 6.17. The minimum atomic E-state index is 0.511. The molecule has 0 radical (unpaired) electrons. The summed E-state index contributed by atoms with van der Waals surface area (Å²) in [6.45, 7) is 4.26. The fourth-order valence-electron chi connectivity index (χ4n) is 1.99. The number of nitrogens with one attached hydrogen (secondary N) is 2. The minimum absolute atomic E-state index is 0.511. The lowest BCUT2D eigenvalue weighted by Crippen LogP contribution is -2.38. The van der Waals surface area contributed by atoms with Crippen molar-refractivity contribution in [2.75, 3.05) is 18.4 Å². The van der Waals surface area contributed by atoms with Crippen LogP contribution in [0.15, 0.2) is 18.2 Å². The number of aryl methyl sites for hydroxylation is 1. The van der Waals surface area contributed by atoms with Gasteiger partial charge in [0.2, 0.25) is 0 Å². The molecule has 0 bridgehead atoms. The highest BCUT2D eigenvalue weighted by Crippen LogP contribution is 2.26. The lowest BCUT2D eigenvalue weighted by molar-refractivity contribution is 0.480. The molecule has 1 aromatic carbocycles. The highest BCUT2D eigenvalue weighted by Gasteiger charge is 2.14. The van der Waals surface area contributed by atoms with Gasteiger partial charge in [-0.2, -0.15) is 0 Å². The van der Waals surface area contributed by atoms with Crippen LogP contribution in [-0.2, 0) is 0 Å². The van der Waals surface area contributed by atoms with Crippen LogP contribution in [-0.4, -0.2) is 19.1 Å². The number of anilines is 1. The van der Waals surface area contributed by atoms with Crippen LogP contribution in [0, 0.1) is 6.92 Å². The zero-order valence-corrected chi connectivity index (χ0v) is 9.77. The first kappa shape index (κ1) is 10.8. The third-order valence-corrected chi connectivity index (χ3v) is 3.18. The molecule has 2 rings (SSSR count). The third kappa shape index (κ3) is 2.64. The normalized spacial score (nSPS) is 21.3. The second-order valence-electron chi connectivity index (χ2n) is 4.12. The summed E-state index contributed by atoms with van der Waals surface area (Å²) in [4.78, 5) is 0. The van der Waals surface area contributed by atoms with E-state index >= 15 is 0 Å². The van der Waals surface area contributed by atoms with Crippen LogP contribution >= 0.6 is 11.6 Å². The van der Waals surface area contributed by atoms with Crippen LogP contribution in [0.4, 0.5) is 5.69 Å². The summed E-state index contributed by atoms with van der Waals surface area (Å²) in [5.41, 5.74) is 2.31. The van der Waals surface area contributed by atoms with Gasteiger partial charge in [-0.25, -0.2) is 0 Å². The molecule has 82 valence electrons. The van der Waals surface area contributed by atoms with Gasteiger partial charge >= 0.3 is 0 Å². The second kappa shape index (κ2) is 4.86. The van der Waals surface area contributed by atoms with E-state index in [9.17, 15) is 0 Å². The Morgan fingerprint density at radius 1 is 1.47 bits per heavy atom. The Morgan fingerprint density at radius 2 is 2.33 bits per heavy atom. The Kier molecular flexibility index (Phi) is 3.49. The van der Waals surface area contributed by atoms with Gasteiger partial charge in [0.25, 0.3) is 0 Å². The van der Waals surface area contributed by atoms with Gasteiger partial charge in [-0.15, -0.1) is 0 Å². The third-order valence-electron chi connectivity index (χ3n) is 2.87. The Labute approximate surface area is 96.0 Å². The van der Waals surface area contributed by atoms with Crippen LogP contribution in [0.1, 0.15) is 18.4 Å². The standard InChI is InChI=1S/C12H17ClN2/c1-9-4-2-6-11(13)12(9)15-10-5-3-7-14-8-10/h2,4,6,10,14-15H,3,5,7-8H2,1H3. The highest BCUT2D eigenvalue weighted by molar-refractivity contribution is 6.33. The molecule has 0 spiro atoms. The van der Waals surface area contributed by atoms with E-state index in [2.05, 4.69) is 23.6 Å². The fraction of sp³-hybridized carbons (Fsp3) is 0.500. The molecule has 0 aliphatic carbocycles. The van der Waals surface area contributed by atoms with E-state index in [1.54, 1.807) is 0 Å². The molecule has 3 heteroatoms. The molecule has 1 aliphatic heterocycles. The van der Waals surface area contributed by atoms with Gasteiger partial charge < -0.3 is 10.6 Å². The first-order valence-corrected chi connectivity index (χ1v) is 5.87. The molecule has 1 aromatic rings. The average molecular weight is 225 g/mol. The molecule has 0 amide bonds. The molecular weight excluding hydrogens is 208 g/mol. The molecule has 1 heterocycles. The van der Waals surface area contributed by atoms with Crippen LogP contribution in [0.3, 0.4) is 0 Å². The number of piperidine rings is 1. The molecule has 1 aliphatic rings. The van der Waals surface area contributed by atoms with Crippen molar-refractivity contribution in [1.82, 2.24) is 5.32 Å². The quantitative estimate of drug-likeness (QED) is 0.808. The van der Waals surface area contributed by atoms with Gasteiger partial charge in [-0.3, -0.25) is 0 Å². The maximum Gasteiger partial charge on any atom is 0.0640 e. The Morgan fingerprint density at radius 3 is 3.00 bits per heavy atom. The van der Waals surface area contributed by atoms with E-state index in [0.29, 0.717) is 6.04 Å². The first-order valence-electron chi connectivity index (χ1n) is 5.50. The van der Waals surface area contributed by atoms with Crippen molar-refractivity contribution >= 4 is 17.3 Å². The summed E-state index contributed by atoms with van der Waals surface area (Å²) in [7, 11) is 0. The summed E-state index contributed by atoms with van der Waals surface area (Å²) in [6.07, 6.45) is 2.46. The largest absolute Gasteiger partial charge is 0.380 e. The maximum atomic E-state index is 6.17. The molecule has 1 saturated heterocycles. The van der Waals surface area contributed by atoms with E-state index < -0.39 is 0 Å². The van der Waals surface area contributed by atoms with Gasteiger partial charge in [0, 0.05) is 12.6 Å². The van der Waals surface area contributed by atoms with E-state index in [1.165, 1.54) is 18.4 Å². The van der Waals surface area contributed by atoms with Crippen molar-refractivity contribution in [3.8, 4) is 0 Å². The van der Waals surface area contributed by atoms with E-state index in [1.807, 2.05) is 12.1 Å². The van der Waals surface area contributed by atoms with E-state index in [4.69, 9.17) is 11.6 Å². The zero-order chi connectivity index (χ0) is 10.7. The second-order valence-corrected chi connectivity index (χ2v) is 4.53. The van der Waals surface area contributed by atoms with Crippen molar-refractivity contribution in [1.29, 1.82) is 0 Å². The van der Waals surface area contributed by atoms with Crippen molar-refractivity contribution in [3.63, 3.8) is 0 Å². The van der Waals surface area contributed by atoms with Crippen molar-refractivity contribution in [3.05, 3.63) is 28.8 Å². The summed E-state index contributed by atoms with van der Waals surface area (Å²) in [5, 5.41) is 7.73. The number of halogens is 1. The van der Waals surface area contributed by atoms with Crippen LogP contribution < -0.4 is 10.6 Å². The number of rotatable bonds is 2. The zero-order valence-electron chi connectivity index (χ0n) is 9.02. The van der Waals surface area contributed by atoms with Gasteiger partial charge in [0.15, 0.2) is 0 Å². The Bertz CT molecular complexity index is 312. The summed E-state index contributed by atoms with van der Waals surface area (Å²) >= 11 is 6.17.